The first-order valence-electron chi connectivity index (χ1n) is 10.2. The zero-order valence-electron chi connectivity index (χ0n) is 19.3. The average Bonchev–Trinajstić information content (AvgIpc) is 3.27. The Morgan fingerprint density at radius 2 is 1.76 bits per heavy atom. The van der Waals surface area contributed by atoms with E-state index in [2.05, 4.69) is 4.98 Å². The quantitative estimate of drug-likeness (QED) is 0.431. The molecule has 0 fully saturated rings. The number of aromatic nitrogens is 1. The van der Waals surface area contributed by atoms with Crippen LogP contribution in [0, 0.1) is 5.82 Å². The molecule has 4 nitrogen and oxygen atoms in total. The molecule has 34 heavy (non-hydrogen) atoms. The number of rotatable bonds is 6. The predicted octanol–water partition coefficient (Wildman–Crippen LogP) is 3.73. The summed E-state index contributed by atoms with van der Waals surface area (Å²) >= 11 is 0. The molecule has 0 radical (unpaired) electrons. The Balaban J connectivity index is 0.00000216. The van der Waals surface area contributed by atoms with Crippen molar-refractivity contribution in [2.45, 2.75) is 32.0 Å². The Morgan fingerprint density at radius 1 is 1.06 bits per heavy atom. The largest absolute Gasteiger partial charge is 1.00 e. The third kappa shape index (κ3) is 5.68. The molecule has 1 heterocycles. The van der Waals surface area contributed by atoms with Gasteiger partial charge in [0.15, 0.2) is 0 Å². The van der Waals surface area contributed by atoms with Gasteiger partial charge in [-0.2, -0.15) is 13.2 Å². The summed E-state index contributed by atoms with van der Waals surface area (Å²) in [6.45, 7) is 0.120. The molecule has 0 amide bonds. The first kappa shape index (κ1) is 25.9. The zero-order chi connectivity index (χ0) is 23.6. The third-order valence-corrected chi connectivity index (χ3v) is 5.49. The number of ether oxygens (including phenoxy) is 1. The van der Waals surface area contributed by atoms with Crippen molar-refractivity contribution >= 4 is 17.1 Å². The van der Waals surface area contributed by atoms with Crippen LogP contribution in [0.2, 0.25) is 0 Å². The summed E-state index contributed by atoms with van der Waals surface area (Å²) in [5.41, 5.74) is 1.32. The number of alkyl halides is 3. The normalized spacial score (nSPS) is 13.5. The fraction of sp³-hybridized carbons (Fsp3) is 0.200. The first-order valence-corrected chi connectivity index (χ1v) is 10.2. The molecule has 0 atom stereocenters. The van der Waals surface area contributed by atoms with Crippen molar-refractivity contribution < 1.29 is 63.2 Å². The molecular formula is C25H20F4NNaO3. The van der Waals surface area contributed by atoms with E-state index in [-0.39, 0.29) is 49.0 Å². The van der Waals surface area contributed by atoms with Crippen molar-refractivity contribution in [3.8, 4) is 5.88 Å². The van der Waals surface area contributed by atoms with E-state index in [0.717, 1.165) is 23.9 Å². The minimum Gasteiger partial charge on any atom is -1.00 e. The maximum atomic E-state index is 13.9. The van der Waals surface area contributed by atoms with Crippen LogP contribution >= 0.6 is 0 Å². The number of benzene rings is 2. The number of carboxylic acid groups (broad SMARTS) is 1. The van der Waals surface area contributed by atoms with Gasteiger partial charge >= 0.3 is 41.7 Å². The van der Waals surface area contributed by atoms with Gasteiger partial charge in [0, 0.05) is 11.8 Å². The number of carbonyl (C=O) groups is 1. The van der Waals surface area contributed by atoms with Gasteiger partial charge in [0.2, 0.25) is 5.88 Å². The van der Waals surface area contributed by atoms with E-state index >= 15 is 0 Å². The summed E-state index contributed by atoms with van der Waals surface area (Å²) in [5, 5.41) is 9.25. The molecule has 2 aromatic carbocycles. The molecule has 1 aromatic heterocycles. The van der Waals surface area contributed by atoms with Crippen LogP contribution in [0.25, 0.3) is 11.1 Å². The van der Waals surface area contributed by atoms with E-state index in [1.54, 1.807) is 0 Å². The van der Waals surface area contributed by atoms with Crippen molar-refractivity contribution in [2.24, 2.45) is 0 Å². The number of nitrogens with zero attached hydrogens (tertiary/aromatic N) is 1. The van der Waals surface area contributed by atoms with E-state index in [4.69, 9.17) is 4.74 Å². The number of halogens is 4. The zero-order valence-corrected chi connectivity index (χ0v) is 20.3. The van der Waals surface area contributed by atoms with Crippen LogP contribution in [0.1, 0.15) is 53.3 Å². The maximum Gasteiger partial charge on any atom is 1.00 e. The smallest absolute Gasteiger partial charge is 1.00 e. The molecule has 9 heteroatoms. The molecule has 0 bridgehead atoms. The van der Waals surface area contributed by atoms with Crippen LogP contribution in [0.3, 0.4) is 0 Å². The van der Waals surface area contributed by atoms with Gasteiger partial charge in [0.25, 0.3) is 0 Å². The number of aromatic carboxylic acids is 1. The molecule has 1 aliphatic rings. The average molecular weight is 481 g/mol. The molecule has 0 saturated heterocycles. The fourth-order valence-corrected chi connectivity index (χ4v) is 3.90. The molecule has 0 saturated carbocycles. The van der Waals surface area contributed by atoms with Crippen molar-refractivity contribution in [3.05, 3.63) is 94.4 Å². The summed E-state index contributed by atoms with van der Waals surface area (Å²) in [4.78, 5) is 15.3. The second-order valence-electron chi connectivity index (χ2n) is 7.66. The summed E-state index contributed by atoms with van der Waals surface area (Å²) in [6.07, 6.45) is -2.24. The van der Waals surface area contributed by atoms with E-state index in [0.29, 0.717) is 36.0 Å². The SMILES string of the molecule is O=C(O)c1cc(C2=C(c3cc(C(F)(F)F)cnc3OCc3ccccc3)CCC2)ccc1F.[H-].[Na+]. The van der Waals surface area contributed by atoms with Crippen molar-refractivity contribution in [1.82, 2.24) is 4.98 Å². The molecule has 1 N–H and O–H groups in total. The van der Waals surface area contributed by atoms with Crippen LogP contribution in [-0.4, -0.2) is 16.1 Å². The van der Waals surface area contributed by atoms with Crippen LogP contribution in [-0.2, 0) is 12.8 Å². The Labute approximate surface area is 217 Å². The summed E-state index contributed by atoms with van der Waals surface area (Å²) in [7, 11) is 0. The molecular weight excluding hydrogens is 461 g/mol. The van der Waals surface area contributed by atoms with Crippen molar-refractivity contribution in [2.75, 3.05) is 0 Å². The first-order chi connectivity index (χ1) is 15.7. The fourth-order valence-electron chi connectivity index (χ4n) is 3.90. The molecule has 0 spiro atoms. The topological polar surface area (TPSA) is 59.4 Å². The minimum atomic E-state index is -4.59. The number of hydrogen-bond donors (Lipinski definition) is 1. The molecule has 1 aliphatic carbocycles. The Bertz CT molecular complexity index is 1230. The number of pyridine rings is 1. The second kappa shape index (κ2) is 10.7. The molecule has 3 aromatic rings. The van der Waals surface area contributed by atoms with E-state index in [1.165, 1.54) is 12.1 Å². The number of carboxylic acids is 1. The summed E-state index contributed by atoms with van der Waals surface area (Å²) < 4.78 is 60.0. The van der Waals surface area contributed by atoms with Gasteiger partial charge in [-0.25, -0.2) is 14.2 Å². The number of allylic oxidation sites excluding steroid dienone is 2. The van der Waals surface area contributed by atoms with Crippen LogP contribution in [0.15, 0.2) is 60.8 Å². The molecule has 172 valence electrons. The summed E-state index contributed by atoms with van der Waals surface area (Å²) in [6, 6.07) is 13.9. The van der Waals surface area contributed by atoms with Crippen LogP contribution in [0.4, 0.5) is 17.6 Å². The van der Waals surface area contributed by atoms with Gasteiger partial charge in [-0.15, -0.1) is 0 Å². The van der Waals surface area contributed by atoms with Crippen molar-refractivity contribution in [3.63, 3.8) is 0 Å². The van der Waals surface area contributed by atoms with Crippen LogP contribution in [0.5, 0.6) is 5.88 Å². The Kier molecular flexibility index (Phi) is 8.17. The van der Waals surface area contributed by atoms with E-state index in [1.807, 2.05) is 30.3 Å². The Hall–Kier alpha value is -2.68. The van der Waals surface area contributed by atoms with Crippen LogP contribution < -0.4 is 34.3 Å². The van der Waals surface area contributed by atoms with E-state index in [9.17, 15) is 27.5 Å². The monoisotopic (exact) mass is 481 g/mol. The number of hydrogen-bond acceptors (Lipinski definition) is 3. The third-order valence-electron chi connectivity index (χ3n) is 5.49. The molecule has 0 unspecified atom stereocenters. The molecule has 4 rings (SSSR count). The second-order valence-corrected chi connectivity index (χ2v) is 7.66. The summed E-state index contributed by atoms with van der Waals surface area (Å²) in [5.74, 6) is -2.23. The van der Waals surface area contributed by atoms with Crippen molar-refractivity contribution in [1.29, 1.82) is 0 Å². The van der Waals surface area contributed by atoms with Gasteiger partial charge in [-0.3, -0.25) is 0 Å². The standard InChI is InChI=1S/C25H19F4NO3.Na.H/c26-22-10-9-16(11-21(22)24(31)32)18-7-4-8-19(18)20-12-17(25(27,28)29)13-30-23(20)33-14-15-5-2-1-3-6-15;;/h1-3,5-6,9-13H,4,7-8,14H2,(H,31,32);;/q;+1;-1. The predicted molar refractivity (Wildman–Crippen MR) is 115 cm³/mol. The Morgan fingerprint density at radius 3 is 2.44 bits per heavy atom. The minimum absolute atomic E-state index is 0. The maximum absolute atomic E-state index is 13.9. The van der Waals surface area contributed by atoms with Gasteiger partial charge in [-0.1, -0.05) is 36.4 Å². The van der Waals surface area contributed by atoms with Gasteiger partial charge in [-0.05, 0) is 59.7 Å². The van der Waals surface area contributed by atoms with Gasteiger partial charge in [0.1, 0.15) is 12.4 Å². The molecule has 0 aliphatic heterocycles. The van der Waals surface area contributed by atoms with Gasteiger partial charge in [0.05, 0.1) is 11.1 Å². The van der Waals surface area contributed by atoms with Gasteiger partial charge < -0.3 is 11.3 Å². The van der Waals surface area contributed by atoms with E-state index < -0.39 is 29.1 Å².